The Morgan fingerprint density at radius 1 is 1.40 bits per heavy atom. The van der Waals surface area contributed by atoms with E-state index in [4.69, 9.17) is 0 Å². The van der Waals surface area contributed by atoms with Crippen molar-refractivity contribution >= 4 is 27.6 Å². The lowest BCUT2D eigenvalue weighted by Gasteiger charge is -2.14. The summed E-state index contributed by atoms with van der Waals surface area (Å²) in [6, 6.07) is 0. The molecule has 2 aromatic heterocycles. The molecule has 1 saturated heterocycles. The number of rotatable bonds is 2. The second-order valence-electron chi connectivity index (χ2n) is 5.50. The maximum Gasteiger partial charge on any atom is 0.263 e. The summed E-state index contributed by atoms with van der Waals surface area (Å²) in [7, 11) is 5.70. The molecule has 5 nitrogen and oxygen atoms in total. The molecule has 0 spiro atoms. The molecule has 1 aliphatic rings. The third kappa shape index (κ3) is 2.19. The van der Waals surface area contributed by atoms with Crippen molar-refractivity contribution in [2.24, 2.45) is 0 Å². The lowest BCUT2D eigenvalue weighted by Crippen LogP contribution is -2.22. The molecule has 1 amide bonds. The number of fused-ring (bicyclic) bond motifs is 1. The molecule has 0 N–H and O–H groups in total. The van der Waals surface area contributed by atoms with Crippen LogP contribution in [0.1, 0.15) is 27.6 Å². The fourth-order valence-corrected chi connectivity index (χ4v) is 3.96. The van der Waals surface area contributed by atoms with Gasteiger partial charge in [-0.3, -0.25) is 9.78 Å². The van der Waals surface area contributed by atoms with Gasteiger partial charge < -0.3 is 9.80 Å². The summed E-state index contributed by atoms with van der Waals surface area (Å²) in [6.45, 7) is 2.05. The Morgan fingerprint density at radius 3 is 2.80 bits per heavy atom. The average Bonchev–Trinajstić information content (AvgIpc) is 3.00. The SMILES string of the molecule is CN1CCC(c2c(C(=O)N(C)C)sc3nccnc23)C1. The van der Waals surface area contributed by atoms with E-state index in [9.17, 15) is 4.79 Å². The third-order valence-electron chi connectivity index (χ3n) is 3.76. The van der Waals surface area contributed by atoms with Gasteiger partial charge in [-0.05, 0) is 20.0 Å². The Hall–Kier alpha value is -1.53. The molecule has 1 fully saturated rings. The smallest absolute Gasteiger partial charge is 0.263 e. The molecule has 0 bridgehead atoms. The van der Waals surface area contributed by atoms with Gasteiger partial charge >= 0.3 is 0 Å². The van der Waals surface area contributed by atoms with Gasteiger partial charge in [-0.15, -0.1) is 11.3 Å². The van der Waals surface area contributed by atoms with Crippen LogP contribution in [0.4, 0.5) is 0 Å². The van der Waals surface area contributed by atoms with E-state index in [1.807, 2.05) is 0 Å². The number of carbonyl (C=O) groups excluding carboxylic acids is 1. The third-order valence-corrected chi connectivity index (χ3v) is 4.85. The van der Waals surface area contributed by atoms with Crippen molar-refractivity contribution in [1.29, 1.82) is 0 Å². The van der Waals surface area contributed by atoms with Crippen molar-refractivity contribution in [1.82, 2.24) is 19.8 Å². The molecule has 1 aliphatic heterocycles. The summed E-state index contributed by atoms with van der Waals surface area (Å²) in [5.41, 5.74) is 2.00. The van der Waals surface area contributed by atoms with Gasteiger partial charge in [-0.2, -0.15) is 0 Å². The summed E-state index contributed by atoms with van der Waals surface area (Å²) in [4.78, 5) is 26.9. The van der Waals surface area contributed by atoms with Gasteiger partial charge in [0.2, 0.25) is 0 Å². The van der Waals surface area contributed by atoms with E-state index in [1.165, 1.54) is 11.3 Å². The first kappa shape index (κ1) is 13.5. The van der Waals surface area contributed by atoms with Crippen molar-refractivity contribution in [3.63, 3.8) is 0 Å². The molecule has 20 heavy (non-hydrogen) atoms. The van der Waals surface area contributed by atoms with Crippen molar-refractivity contribution in [2.45, 2.75) is 12.3 Å². The first-order valence-electron chi connectivity index (χ1n) is 6.71. The number of likely N-dealkylation sites (N-methyl/N-ethyl adjacent to an activating group) is 1. The van der Waals surface area contributed by atoms with Gasteiger partial charge in [0.25, 0.3) is 5.91 Å². The predicted molar refractivity (Wildman–Crippen MR) is 80.3 cm³/mol. The van der Waals surface area contributed by atoms with Crippen LogP contribution in [0.5, 0.6) is 0 Å². The molecule has 0 saturated carbocycles. The zero-order chi connectivity index (χ0) is 14.3. The molecule has 106 valence electrons. The average molecular weight is 290 g/mol. The normalized spacial score (nSPS) is 19.6. The largest absolute Gasteiger partial charge is 0.344 e. The summed E-state index contributed by atoms with van der Waals surface area (Å²) in [5.74, 6) is 0.434. The van der Waals surface area contributed by atoms with Gasteiger partial charge in [-0.25, -0.2) is 4.98 Å². The fourth-order valence-electron chi connectivity index (χ4n) is 2.76. The number of nitrogens with zero attached hydrogens (tertiary/aromatic N) is 4. The van der Waals surface area contributed by atoms with Crippen LogP contribution in [0.15, 0.2) is 12.4 Å². The Bertz CT molecular complexity index is 652. The van der Waals surface area contributed by atoms with Crippen LogP contribution in [0.3, 0.4) is 0 Å². The van der Waals surface area contributed by atoms with E-state index in [0.717, 1.165) is 40.3 Å². The molecule has 1 unspecified atom stereocenters. The number of hydrogen-bond donors (Lipinski definition) is 0. The van der Waals surface area contributed by atoms with Crippen LogP contribution < -0.4 is 0 Å². The lowest BCUT2D eigenvalue weighted by atomic mass is 9.97. The molecule has 3 heterocycles. The maximum absolute atomic E-state index is 12.4. The molecular formula is C14H18N4OS. The Kier molecular flexibility index (Phi) is 3.43. The number of thiophene rings is 1. The van der Waals surface area contributed by atoms with Crippen molar-refractivity contribution in [3.05, 3.63) is 22.8 Å². The van der Waals surface area contributed by atoms with Crippen LogP contribution >= 0.6 is 11.3 Å². The van der Waals surface area contributed by atoms with Crippen LogP contribution in [-0.2, 0) is 0 Å². The molecule has 0 aliphatic carbocycles. The van der Waals surface area contributed by atoms with Crippen LogP contribution in [0, 0.1) is 0 Å². The maximum atomic E-state index is 12.4. The van der Waals surface area contributed by atoms with Crippen LogP contribution in [-0.4, -0.2) is 59.9 Å². The standard InChI is InChI=1S/C14H18N4OS/c1-17(2)14(19)12-10(9-4-7-18(3)8-9)11-13(20-12)16-6-5-15-11/h5-6,9H,4,7-8H2,1-3H3. The highest BCUT2D eigenvalue weighted by atomic mass is 32.1. The topological polar surface area (TPSA) is 49.3 Å². The molecule has 3 rings (SSSR count). The zero-order valence-corrected chi connectivity index (χ0v) is 12.8. The van der Waals surface area contributed by atoms with Crippen molar-refractivity contribution in [2.75, 3.05) is 34.2 Å². The minimum absolute atomic E-state index is 0.0550. The minimum Gasteiger partial charge on any atom is -0.344 e. The zero-order valence-electron chi connectivity index (χ0n) is 12.0. The van der Waals surface area contributed by atoms with E-state index in [-0.39, 0.29) is 5.91 Å². The van der Waals surface area contributed by atoms with Crippen molar-refractivity contribution < 1.29 is 4.79 Å². The summed E-state index contributed by atoms with van der Waals surface area (Å²) in [6.07, 6.45) is 4.47. The van der Waals surface area contributed by atoms with Gasteiger partial charge in [0.05, 0.1) is 4.88 Å². The molecule has 2 aromatic rings. The molecule has 6 heteroatoms. The highest BCUT2D eigenvalue weighted by molar-refractivity contribution is 7.20. The van der Waals surface area contributed by atoms with E-state index >= 15 is 0 Å². The highest BCUT2D eigenvalue weighted by Gasteiger charge is 2.30. The number of hydrogen-bond acceptors (Lipinski definition) is 5. The van der Waals surface area contributed by atoms with Crippen LogP contribution in [0.25, 0.3) is 10.3 Å². The van der Waals surface area contributed by atoms with Gasteiger partial charge in [0.15, 0.2) is 0 Å². The van der Waals surface area contributed by atoms with E-state index in [1.54, 1.807) is 31.4 Å². The van der Waals surface area contributed by atoms with Gasteiger partial charge in [0.1, 0.15) is 10.3 Å². The fraction of sp³-hybridized carbons (Fsp3) is 0.500. The van der Waals surface area contributed by atoms with E-state index < -0.39 is 0 Å². The second kappa shape index (κ2) is 5.10. The highest BCUT2D eigenvalue weighted by Crippen LogP contribution is 2.38. The molecule has 0 aromatic carbocycles. The summed E-state index contributed by atoms with van der Waals surface area (Å²) < 4.78 is 0. The lowest BCUT2D eigenvalue weighted by molar-refractivity contribution is 0.0831. The number of likely N-dealkylation sites (tertiary alicyclic amines) is 1. The Balaban J connectivity index is 2.15. The molecule has 1 atom stereocenters. The van der Waals surface area contributed by atoms with Gasteiger partial charge in [0, 0.05) is 44.5 Å². The molecule has 0 radical (unpaired) electrons. The quantitative estimate of drug-likeness (QED) is 0.846. The Labute approximate surface area is 122 Å². The number of aromatic nitrogens is 2. The predicted octanol–water partition coefficient (Wildman–Crippen LogP) is 1.81. The number of carbonyl (C=O) groups is 1. The van der Waals surface area contributed by atoms with Crippen LogP contribution in [0.2, 0.25) is 0 Å². The first-order chi connectivity index (χ1) is 9.58. The first-order valence-corrected chi connectivity index (χ1v) is 7.53. The minimum atomic E-state index is 0.0550. The van der Waals surface area contributed by atoms with Gasteiger partial charge in [-0.1, -0.05) is 0 Å². The Morgan fingerprint density at radius 2 is 2.15 bits per heavy atom. The van der Waals surface area contributed by atoms with E-state index in [0.29, 0.717) is 5.92 Å². The van der Waals surface area contributed by atoms with E-state index in [2.05, 4.69) is 21.9 Å². The monoisotopic (exact) mass is 290 g/mol. The second-order valence-corrected chi connectivity index (χ2v) is 6.50. The number of amides is 1. The van der Waals surface area contributed by atoms with Crippen molar-refractivity contribution in [3.8, 4) is 0 Å². The summed E-state index contributed by atoms with van der Waals surface area (Å²) >= 11 is 1.47. The summed E-state index contributed by atoms with van der Waals surface area (Å²) in [5, 5.41) is 0. The molecular weight excluding hydrogens is 272 g/mol.